The summed E-state index contributed by atoms with van der Waals surface area (Å²) in [5.41, 5.74) is -2.28. The summed E-state index contributed by atoms with van der Waals surface area (Å²) in [6.45, 7) is 1.72. The van der Waals surface area contributed by atoms with Gasteiger partial charge in [-0.3, -0.25) is 23.5 Å². The summed E-state index contributed by atoms with van der Waals surface area (Å²) in [5.74, 6) is -1.74. The van der Waals surface area contributed by atoms with Crippen molar-refractivity contribution in [3.05, 3.63) is 72.0 Å². The van der Waals surface area contributed by atoms with Crippen LogP contribution in [0.2, 0.25) is 5.02 Å². The van der Waals surface area contributed by atoms with E-state index >= 15 is 4.79 Å². The highest BCUT2D eigenvalue weighted by Crippen LogP contribution is 2.57. The van der Waals surface area contributed by atoms with E-state index in [0.717, 1.165) is 4.57 Å². The molecule has 3 atom stereocenters. The van der Waals surface area contributed by atoms with Gasteiger partial charge in [0.1, 0.15) is 33.7 Å². The lowest BCUT2D eigenvalue weighted by molar-refractivity contribution is -0.130. The van der Waals surface area contributed by atoms with Crippen molar-refractivity contribution >= 4 is 29.0 Å². The average molecular weight is 654 g/mol. The number of allylic oxidation sites excluding steroid dienone is 1. The molecule has 6 rings (SSSR count). The standard InChI is InChI=1S/C32H32ClN3O10/c1-13-9-15-22(27(37)32(13)28(38)23-19(44-7)12-20(45-8)25(33)26(23)46-32)21(14-10-17(42-5)18(43-6)11-16(14)41-4)24-29(34-15)35(2)31(40)36(3)30(24)39/h10-13,21,34H,9H2,1-8H3/t13-,21?,32+/m1/s1. The van der Waals surface area contributed by atoms with E-state index in [1.54, 1.807) is 19.1 Å². The Hall–Kier alpha value is -4.91. The van der Waals surface area contributed by atoms with Gasteiger partial charge in [-0.2, -0.15) is 0 Å². The van der Waals surface area contributed by atoms with Gasteiger partial charge >= 0.3 is 5.69 Å². The van der Waals surface area contributed by atoms with Crippen molar-refractivity contribution in [1.82, 2.24) is 9.13 Å². The average Bonchev–Trinajstić information content (AvgIpc) is 3.38. The second-order valence-electron chi connectivity index (χ2n) is 11.3. The zero-order valence-corrected chi connectivity index (χ0v) is 27.2. The predicted octanol–water partition coefficient (Wildman–Crippen LogP) is 3.21. The summed E-state index contributed by atoms with van der Waals surface area (Å²) in [6, 6.07) is 4.66. The number of ketones is 2. The molecule has 2 aliphatic heterocycles. The number of nitrogens with zero attached hydrogens (tertiary/aromatic N) is 2. The number of carbonyl (C=O) groups excluding carboxylic acids is 2. The minimum absolute atomic E-state index is 0.0115. The molecule has 242 valence electrons. The minimum atomic E-state index is -2.06. The lowest BCUT2D eigenvalue weighted by Crippen LogP contribution is -2.58. The molecule has 1 aliphatic carbocycles. The largest absolute Gasteiger partial charge is 0.496 e. The van der Waals surface area contributed by atoms with Gasteiger partial charge in [0.05, 0.1) is 47.0 Å². The van der Waals surface area contributed by atoms with Gasteiger partial charge in [-0.1, -0.05) is 18.5 Å². The van der Waals surface area contributed by atoms with Crippen LogP contribution in [0.15, 0.2) is 39.1 Å². The number of hydrogen-bond acceptors (Lipinski definition) is 11. The van der Waals surface area contributed by atoms with Crippen molar-refractivity contribution in [2.24, 2.45) is 20.0 Å². The van der Waals surface area contributed by atoms with Gasteiger partial charge in [0.25, 0.3) is 5.56 Å². The molecule has 0 radical (unpaired) electrons. The third-order valence-electron chi connectivity index (χ3n) is 9.12. The van der Waals surface area contributed by atoms with Crippen molar-refractivity contribution in [2.75, 3.05) is 40.9 Å². The van der Waals surface area contributed by atoms with Crippen LogP contribution in [0.25, 0.3) is 0 Å². The van der Waals surface area contributed by atoms with E-state index in [0.29, 0.717) is 22.8 Å². The van der Waals surface area contributed by atoms with E-state index in [2.05, 4.69) is 5.32 Å². The number of anilines is 1. The third-order valence-corrected chi connectivity index (χ3v) is 9.48. The van der Waals surface area contributed by atoms with Crippen molar-refractivity contribution < 1.29 is 38.0 Å². The summed E-state index contributed by atoms with van der Waals surface area (Å²) < 4.78 is 36.4. The second-order valence-corrected chi connectivity index (χ2v) is 11.6. The Morgan fingerprint density at radius 3 is 2.02 bits per heavy atom. The topological polar surface area (TPSA) is 146 Å². The fourth-order valence-corrected chi connectivity index (χ4v) is 7.04. The first-order valence-corrected chi connectivity index (χ1v) is 14.6. The van der Waals surface area contributed by atoms with Crippen molar-refractivity contribution in [2.45, 2.75) is 24.9 Å². The Morgan fingerprint density at radius 2 is 1.41 bits per heavy atom. The highest BCUT2D eigenvalue weighted by molar-refractivity contribution is 6.36. The molecule has 1 aromatic heterocycles. The van der Waals surface area contributed by atoms with Gasteiger partial charge in [-0.25, -0.2) is 4.79 Å². The number of benzene rings is 2. The molecule has 0 fully saturated rings. The lowest BCUT2D eigenvalue weighted by Gasteiger charge is -2.42. The third kappa shape index (κ3) is 3.93. The molecule has 0 saturated heterocycles. The van der Waals surface area contributed by atoms with Crippen molar-refractivity contribution in [3.8, 4) is 34.5 Å². The highest BCUT2D eigenvalue weighted by Gasteiger charge is 2.64. The number of nitrogens with one attached hydrogen (secondary N) is 1. The molecule has 1 N–H and O–H groups in total. The molecular formula is C32H32ClN3O10. The second kappa shape index (κ2) is 10.9. The van der Waals surface area contributed by atoms with E-state index in [-0.39, 0.29) is 57.0 Å². The van der Waals surface area contributed by atoms with Gasteiger partial charge in [-0.05, 0) is 12.5 Å². The molecule has 0 saturated carbocycles. The van der Waals surface area contributed by atoms with Crippen LogP contribution >= 0.6 is 11.6 Å². The summed E-state index contributed by atoms with van der Waals surface area (Å²) >= 11 is 6.64. The molecule has 0 bridgehead atoms. The molecular weight excluding hydrogens is 622 g/mol. The number of methoxy groups -OCH3 is 5. The van der Waals surface area contributed by atoms with Gasteiger partial charge in [0, 0.05) is 49.0 Å². The van der Waals surface area contributed by atoms with Crippen LogP contribution in [0.1, 0.15) is 40.7 Å². The van der Waals surface area contributed by atoms with Gasteiger partial charge < -0.3 is 33.7 Å². The maximum atomic E-state index is 15.1. The van der Waals surface area contributed by atoms with Crippen LogP contribution in [-0.4, -0.2) is 61.9 Å². The maximum absolute atomic E-state index is 15.1. The molecule has 0 amide bonds. The predicted molar refractivity (Wildman–Crippen MR) is 167 cm³/mol. The Morgan fingerprint density at radius 1 is 0.826 bits per heavy atom. The summed E-state index contributed by atoms with van der Waals surface area (Å²) in [5, 5.41) is 3.21. The van der Waals surface area contributed by atoms with Crippen LogP contribution in [0.5, 0.6) is 34.5 Å². The quantitative estimate of drug-likeness (QED) is 0.392. The van der Waals surface area contributed by atoms with Gasteiger partial charge in [0.15, 0.2) is 17.2 Å². The Kier molecular flexibility index (Phi) is 7.34. The molecule has 3 aliphatic rings. The molecule has 1 unspecified atom stereocenters. The van der Waals surface area contributed by atoms with E-state index in [1.165, 1.54) is 60.3 Å². The number of hydrogen-bond donors (Lipinski definition) is 1. The smallest absolute Gasteiger partial charge is 0.332 e. The SMILES string of the molecule is COc1cc(OC)c(C2C3=C(C[C@@H](C)[C@]4(Oc5c(Cl)c(OC)cc(OC)c5C4=O)C3=O)Nc3c2c(=O)n(C)c(=O)n3C)cc1OC. The van der Waals surface area contributed by atoms with E-state index in [1.807, 2.05) is 0 Å². The van der Waals surface area contributed by atoms with Crippen LogP contribution < -0.4 is 45.0 Å². The van der Waals surface area contributed by atoms with E-state index in [4.69, 9.17) is 40.0 Å². The van der Waals surface area contributed by atoms with Gasteiger partial charge in [-0.15, -0.1) is 0 Å². The van der Waals surface area contributed by atoms with Crippen molar-refractivity contribution in [1.29, 1.82) is 0 Å². The Labute approximate surface area is 268 Å². The normalized spacial score (nSPS) is 21.2. The first-order chi connectivity index (χ1) is 21.9. The zero-order valence-electron chi connectivity index (χ0n) is 26.4. The molecule has 2 aromatic carbocycles. The zero-order chi connectivity index (χ0) is 33.4. The number of rotatable bonds is 6. The van der Waals surface area contributed by atoms with E-state index < -0.39 is 40.3 Å². The van der Waals surface area contributed by atoms with Gasteiger partial charge in [0.2, 0.25) is 17.2 Å². The minimum Gasteiger partial charge on any atom is -0.496 e. The summed E-state index contributed by atoms with van der Waals surface area (Å²) in [6.07, 6.45) is 0.132. The monoisotopic (exact) mass is 653 g/mol. The summed E-state index contributed by atoms with van der Waals surface area (Å²) in [7, 11) is 10.0. The van der Waals surface area contributed by atoms with Crippen LogP contribution in [0.4, 0.5) is 5.82 Å². The number of fused-ring (bicyclic) bond motifs is 2. The highest BCUT2D eigenvalue weighted by atomic mass is 35.5. The number of aromatic nitrogens is 2. The fourth-order valence-electron chi connectivity index (χ4n) is 6.78. The molecule has 3 heterocycles. The molecule has 3 aromatic rings. The first kappa shape index (κ1) is 31.1. The van der Waals surface area contributed by atoms with Crippen molar-refractivity contribution in [3.63, 3.8) is 0 Å². The first-order valence-electron chi connectivity index (χ1n) is 14.2. The Bertz CT molecular complexity index is 2010. The summed E-state index contributed by atoms with van der Waals surface area (Å²) in [4.78, 5) is 56.6. The number of halogens is 1. The van der Waals surface area contributed by atoms with Crippen LogP contribution in [0, 0.1) is 5.92 Å². The molecule has 14 heteroatoms. The molecule has 1 spiro atoms. The fraction of sp³-hybridized carbons (Fsp3) is 0.375. The number of Topliss-reactive ketones (excluding diaryl/α,β-unsaturated/α-hetero) is 2. The number of carbonyl (C=O) groups is 2. The number of ether oxygens (including phenoxy) is 6. The van der Waals surface area contributed by atoms with Crippen LogP contribution in [-0.2, 0) is 18.9 Å². The van der Waals surface area contributed by atoms with E-state index in [9.17, 15) is 14.4 Å². The Balaban J connectivity index is 1.66. The lowest BCUT2D eigenvalue weighted by atomic mass is 9.65. The van der Waals surface area contributed by atoms with Crippen LogP contribution in [0.3, 0.4) is 0 Å². The maximum Gasteiger partial charge on any atom is 0.332 e. The molecule has 46 heavy (non-hydrogen) atoms. The molecule has 13 nitrogen and oxygen atoms in total.